The monoisotopic (exact) mass is 235 g/mol. The van der Waals surface area contributed by atoms with Crippen LogP contribution in [-0.2, 0) is 11.2 Å². The van der Waals surface area contributed by atoms with E-state index >= 15 is 0 Å². The third-order valence-corrected chi connectivity index (χ3v) is 3.80. The average molecular weight is 235 g/mol. The van der Waals surface area contributed by atoms with Crippen LogP contribution in [0.2, 0.25) is 0 Å². The van der Waals surface area contributed by atoms with E-state index in [2.05, 4.69) is 12.1 Å². The van der Waals surface area contributed by atoms with Gasteiger partial charge in [-0.3, -0.25) is 0 Å². The molecule has 0 saturated carbocycles. The van der Waals surface area contributed by atoms with Crippen molar-refractivity contribution in [3.63, 3.8) is 0 Å². The summed E-state index contributed by atoms with van der Waals surface area (Å²) in [7, 11) is 0. The Kier molecular flexibility index (Phi) is 4.15. The highest BCUT2D eigenvalue weighted by Crippen LogP contribution is 2.33. The van der Waals surface area contributed by atoms with E-state index in [4.69, 9.17) is 10.5 Å². The lowest BCUT2D eigenvalue weighted by Gasteiger charge is -2.31. The molecule has 0 radical (unpaired) electrons. The van der Waals surface area contributed by atoms with Gasteiger partial charge in [-0.15, -0.1) is 0 Å². The molecule has 2 atom stereocenters. The van der Waals surface area contributed by atoms with Gasteiger partial charge in [0.15, 0.2) is 0 Å². The van der Waals surface area contributed by atoms with Gasteiger partial charge < -0.3 is 15.6 Å². The summed E-state index contributed by atoms with van der Waals surface area (Å²) in [6.45, 7) is 1.82. The molecule has 3 nitrogen and oxygen atoms in total. The highest BCUT2D eigenvalue weighted by molar-refractivity contribution is 5.15. The van der Waals surface area contributed by atoms with Crippen LogP contribution in [0.15, 0.2) is 30.3 Å². The van der Waals surface area contributed by atoms with Gasteiger partial charge >= 0.3 is 0 Å². The maximum absolute atomic E-state index is 10.3. The van der Waals surface area contributed by atoms with Crippen LogP contribution < -0.4 is 5.73 Å². The van der Waals surface area contributed by atoms with E-state index in [-0.39, 0.29) is 11.5 Å². The van der Waals surface area contributed by atoms with E-state index in [1.807, 2.05) is 18.2 Å². The van der Waals surface area contributed by atoms with Gasteiger partial charge in [-0.1, -0.05) is 30.3 Å². The Balaban J connectivity index is 1.90. The molecule has 2 unspecified atom stereocenters. The zero-order valence-electron chi connectivity index (χ0n) is 10.1. The first kappa shape index (κ1) is 12.6. The first-order valence-electron chi connectivity index (χ1n) is 6.27. The number of aliphatic hydroxyl groups is 1. The molecular weight excluding hydrogens is 214 g/mol. The van der Waals surface area contributed by atoms with Crippen molar-refractivity contribution in [2.24, 2.45) is 11.1 Å². The van der Waals surface area contributed by atoms with Crippen molar-refractivity contribution >= 4 is 0 Å². The summed E-state index contributed by atoms with van der Waals surface area (Å²) in [6, 6.07) is 10.2. The summed E-state index contributed by atoms with van der Waals surface area (Å²) in [5, 5.41) is 10.3. The van der Waals surface area contributed by atoms with E-state index in [1.165, 1.54) is 5.56 Å². The van der Waals surface area contributed by atoms with Gasteiger partial charge in [0, 0.05) is 18.6 Å². The molecule has 2 rings (SSSR count). The lowest BCUT2D eigenvalue weighted by molar-refractivity contribution is 0.0152. The predicted octanol–water partition coefficient (Wildman–Crippen LogP) is 1.35. The van der Waals surface area contributed by atoms with Gasteiger partial charge in [-0.05, 0) is 24.8 Å². The molecule has 0 aromatic heterocycles. The fourth-order valence-corrected chi connectivity index (χ4v) is 2.44. The summed E-state index contributed by atoms with van der Waals surface area (Å²) >= 11 is 0. The van der Waals surface area contributed by atoms with Gasteiger partial charge in [-0.25, -0.2) is 0 Å². The maximum Gasteiger partial charge on any atom is 0.0634 e. The Labute approximate surface area is 103 Å². The summed E-state index contributed by atoms with van der Waals surface area (Å²) in [6.07, 6.45) is 2.16. The number of aliphatic hydroxyl groups excluding tert-OH is 1. The first-order valence-corrected chi connectivity index (χ1v) is 6.27. The molecule has 0 spiro atoms. The molecule has 1 aliphatic rings. The SMILES string of the molecule is NCC1(C(O)CCc2ccccc2)CCOC1. The zero-order valence-corrected chi connectivity index (χ0v) is 10.1. The number of ether oxygens (including phenoxy) is 1. The van der Waals surface area contributed by atoms with Gasteiger partial charge in [0.2, 0.25) is 0 Å². The Bertz CT molecular complexity index is 333. The van der Waals surface area contributed by atoms with Crippen LogP contribution in [0.3, 0.4) is 0 Å². The van der Waals surface area contributed by atoms with E-state index in [9.17, 15) is 5.11 Å². The third-order valence-electron chi connectivity index (χ3n) is 3.80. The molecule has 0 bridgehead atoms. The van der Waals surface area contributed by atoms with Gasteiger partial charge in [0.05, 0.1) is 12.7 Å². The Hall–Kier alpha value is -0.900. The fourth-order valence-electron chi connectivity index (χ4n) is 2.44. The van der Waals surface area contributed by atoms with Crippen LogP contribution >= 0.6 is 0 Å². The van der Waals surface area contributed by atoms with Gasteiger partial charge in [0.1, 0.15) is 0 Å². The second kappa shape index (κ2) is 5.63. The van der Waals surface area contributed by atoms with E-state index < -0.39 is 0 Å². The molecule has 1 aliphatic heterocycles. The summed E-state index contributed by atoms with van der Waals surface area (Å²) in [5.41, 5.74) is 6.85. The van der Waals surface area contributed by atoms with E-state index in [0.29, 0.717) is 13.2 Å². The molecule has 1 aromatic rings. The molecule has 1 aromatic carbocycles. The van der Waals surface area contributed by atoms with Crippen LogP contribution in [0.5, 0.6) is 0 Å². The minimum absolute atomic E-state index is 0.214. The Morgan fingerprint density at radius 3 is 2.71 bits per heavy atom. The van der Waals surface area contributed by atoms with Crippen molar-refractivity contribution in [3.8, 4) is 0 Å². The zero-order chi connectivity index (χ0) is 12.1. The quantitative estimate of drug-likeness (QED) is 0.810. The molecule has 1 heterocycles. The largest absolute Gasteiger partial charge is 0.392 e. The van der Waals surface area contributed by atoms with Crippen LogP contribution in [0.4, 0.5) is 0 Å². The lowest BCUT2D eigenvalue weighted by Crippen LogP contribution is -2.42. The number of benzene rings is 1. The van der Waals surface area contributed by atoms with Crippen molar-refractivity contribution in [2.75, 3.05) is 19.8 Å². The molecule has 1 saturated heterocycles. The molecule has 17 heavy (non-hydrogen) atoms. The highest BCUT2D eigenvalue weighted by atomic mass is 16.5. The summed E-state index contributed by atoms with van der Waals surface area (Å²) in [5.74, 6) is 0. The summed E-state index contributed by atoms with van der Waals surface area (Å²) in [4.78, 5) is 0. The predicted molar refractivity (Wildman–Crippen MR) is 67.7 cm³/mol. The molecular formula is C14H21NO2. The van der Waals surface area contributed by atoms with Gasteiger partial charge in [0.25, 0.3) is 0 Å². The van der Waals surface area contributed by atoms with Crippen molar-refractivity contribution in [1.29, 1.82) is 0 Å². The van der Waals surface area contributed by atoms with E-state index in [1.54, 1.807) is 0 Å². The first-order chi connectivity index (χ1) is 8.27. The van der Waals surface area contributed by atoms with E-state index in [0.717, 1.165) is 25.9 Å². The minimum atomic E-state index is -0.366. The standard InChI is InChI=1S/C14H21NO2/c15-10-14(8-9-17-11-14)13(16)7-6-12-4-2-1-3-5-12/h1-5,13,16H,6-11,15H2. The molecule has 0 aliphatic carbocycles. The van der Waals surface area contributed by atoms with Crippen LogP contribution in [0, 0.1) is 5.41 Å². The number of aryl methyl sites for hydroxylation is 1. The van der Waals surface area contributed by atoms with Crippen molar-refractivity contribution in [3.05, 3.63) is 35.9 Å². The molecule has 94 valence electrons. The number of nitrogens with two attached hydrogens (primary N) is 1. The molecule has 0 amide bonds. The normalized spacial score (nSPS) is 26.0. The van der Waals surface area contributed by atoms with Gasteiger partial charge in [-0.2, -0.15) is 0 Å². The van der Waals surface area contributed by atoms with Crippen molar-refractivity contribution in [1.82, 2.24) is 0 Å². The molecule has 3 heteroatoms. The minimum Gasteiger partial charge on any atom is -0.392 e. The van der Waals surface area contributed by atoms with Crippen LogP contribution in [0.1, 0.15) is 18.4 Å². The lowest BCUT2D eigenvalue weighted by atomic mass is 9.79. The van der Waals surface area contributed by atoms with Crippen LogP contribution in [0.25, 0.3) is 0 Å². The second-order valence-electron chi connectivity index (χ2n) is 4.91. The summed E-state index contributed by atoms with van der Waals surface area (Å²) < 4.78 is 5.38. The molecule has 1 fully saturated rings. The maximum atomic E-state index is 10.3. The Morgan fingerprint density at radius 2 is 2.12 bits per heavy atom. The molecule has 3 N–H and O–H groups in total. The topological polar surface area (TPSA) is 55.5 Å². The number of hydrogen-bond donors (Lipinski definition) is 2. The Morgan fingerprint density at radius 1 is 1.35 bits per heavy atom. The third kappa shape index (κ3) is 2.86. The van der Waals surface area contributed by atoms with Crippen molar-refractivity contribution in [2.45, 2.75) is 25.4 Å². The fraction of sp³-hybridized carbons (Fsp3) is 0.571. The number of hydrogen-bond acceptors (Lipinski definition) is 3. The average Bonchev–Trinajstić information content (AvgIpc) is 2.87. The second-order valence-corrected chi connectivity index (χ2v) is 4.91. The smallest absolute Gasteiger partial charge is 0.0634 e. The highest BCUT2D eigenvalue weighted by Gasteiger charge is 2.40. The van der Waals surface area contributed by atoms with Crippen LogP contribution in [-0.4, -0.2) is 31.0 Å². The number of rotatable bonds is 5. The van der Waals surface area contributed by atoms with Crippen molar-refractivity contribution < 1.29 is 9.84 Å².